The number of carbonyl (C=O) groups excluding carboxylic acids is 1. The molecule has 2 fully saturated rings. The number of esters is 1. The summed E-state index contributed by atoms with van der Waals surface area (Å²) in [6.07, 6.45) is 3.12. The van der Waals surface area contributed by atoms with Crippen molar-refractivity contribution in [3.05, 3.63) is 63.0 Å². The molecule has 4 heterocycles. The zero-order chi connectivity index (χ0) is 33.6. The number of likely N-dealkylation sites (tertiary alicyclic amines) is 2. The van der Waals surface area contributed by atoms with E-state index in [2.05, 4.69) is 15.3 Å². The zero-order valence-electron chi connectivity index (χ0n) is 27.1. The molecule has 0 aliphatic carbocycles. The third-order valence-corrected chi connectivity index (χ3v) is 9.72. The number of carboxylic acid groups (broad SMARTS) is 1. The Kier molecular flexibility index (Phi) is 9.42. The minimum atomic E-state index is -3.04. The summed E-state index contributed by atoms with van der Waals surface area (Å²) in [6, 6.07) is 1.84. The molecule has 3 atom stereocenters. The maximum Gasteiger partial charge on any atom is 0.335 e. The lowest BCUT2D eigenvalue weighted by atomic mass is 9.87. The van der Waals surface area contributed by atoms with Gasteiger partial charge in [-0.15, -0.1) is 11.3 Å². The van der Waals surface area contributed by atoms with Crippen LogP contribution in [-0.2, 0) is 14.3 Å². The average Bonchev–Trinajstić information content (AvgIpc) is 3.68. The standard InChI is InChI=1S/C33H42F3N5O4S/c1-19-20(9-7-10-21(19)34)25-24(29(42)43)22(38-27(39-25)28-37-13-16-46-28)17-41-18-33(35,36)26-23(41)11-15-40(26)14-8-12-32(5,6)30(44)45-31(2,3)4/h7,9-10,13,16,23,25-26H,8,11-12,14-15,17-18H2,1-6H3,(H,38,39)(H,42,43)/t23?,25-,26?/m0/s1. The Morgan fingerprint density at radius 2 is 1.93 bits per heavy atom. The second kappa shape index (κ2) is 12.7. The number of fused-ring (bicyclic) bond motifs is 1. The van der Waals surface area contributed by atoms with E-state index in [0.29, 0.717) is 48.8 Å². The van der Waals surface area contributed by atoms with Gasteiger partial charge in [-0.3, -0.25) is 19.6 Å². The van der Waals surface area contributed by atoms with Crippen LogP contribution in [-0.4, -0.2) is 87.5 Å². The minimum Gasteiger partial charge on any atom is -0.478 e. The number of thiazole rings is 1. The molecule has 46 heavy (non-hydrogen) atoms. The van der Waals surface area contributed by atoms with Crippen LogP contribution in [0.5, 0.6) is 0 Å². The normalized spacial score (nSPS) is 23.7. The summed E-state index contributed by atoms with van der Waals surface area (Å²) in [6.45, 7) is 10.9. The van der Waals surface area contributed by atoms with Crippen molar-refractivity contribution in [2.45, 2.75) is 90.5 Å². The van der Waals surface area contributed by atoms with E-state index in [1.807, 2.05) is 34.6 Å². The van der Waals surface area contributed by atoms with Gasteiger partial charge in [0.15, 0.2) is 10.8 Å². The summed E-state index contributed by atoms with van der Waals surface area (Å²) in [5.41, 5.74) is -0.593. The first-order chi connectivity index (χ1) is 21.5. The van der Waals surface area contributed by atoms with Crippen molar-refractivity contribution in [2.24, 2.45) is 10.4 Å². The average molecular weight is 662 g/mol. The molecule has 5 rings (SSSR count). The second-order valence-corrected chi connectivity index (χ2v) is 14.9. The van der Waals surface area contributed by atoms with E-state index in [1.54, 1.807) is 34.4 Å². The van der Waals surface area contributed by atoms with E-state index in [0.717, 1.165) is 0 Å². The second-order valence-electron chi connectivity index (χ2n) is 14.0. The number of hydrogen-bond acceptors (Lipinski definition) is 9. The van der Waals surface area contributed by atoms with Gasteiger partial charge in [0.1, 0.15) is 17.5 Å². The van der Waals surface area contributed by atoms with E-state index in [4.69, 9.17) is 4.74 Å². The van der Waals surface area contributed by atoms with E-state index in [1.165, 1.54) is 23.5 Å². The number of nitrogens with zero attached hydrogens (tertiary/aromatic N) is 4. The Bertz CT molecular complexity index is 1540. The lowest BCUT2D eigenvalue weighted by Gasteiger charge is -2.31. The highest BCUT2D eigenvalue weighted by molar-refractivity contribution is 7.11. The predicted octanol–water partition coefficient (Wildman–Crippen LogP) is 5.56. The molecule has 3 aliphatic rings. The summed E-state index contributed by atoms with van der Waals surface area (Å²) < 4.78 is 51.7. The van der Waals surface area contributed by atoms with Crippen LogP contribution in [0.15, 0.2) is 46.0 Å². The number of ether oxygens (including phenoxy) is 1. The summed E-state index contributed by atoms with van der Waals surface area (Å²) in [5, 5.41) is 15.8. The maximum atomic E-state index is 15.7. The third kappa shape index (κ3) is 7.01. The molecule has 1 aromatic carbocycles. The number of rotatable bonds is 10. The molecule has 250 valence electrons. The first-order valence-electron chi connectivity index (χ1n) is 15.5. The molecule has 1 aromatic heterocycles. The zero-order valence-corrected chi connectivity index (χ0v) is 27.9. The molecule has 2 aromatic rings. The van der Waals surface area contributed by atoms with Gasteiger partial charge in [0.05, 0.1) is 23.6 Å². The molecule has 2 saturated heterocycles. The molecule has 0 bridgehead atoms. The Labute approximate surface area is 271 Å². The molecule has 0 radical (unpaired) electrons. The molecule has 3 aliphatic heterocycles. The summed E-state index contributed by atoms with van der Waals surface area (Å²) >= 11 is 1.30. The maximum absolute atomic E-state index is 15.7. The highest BCUT2D eigenvalue weighted by atomic mass is 32.1. The minimum absolute atomic E-state index is 0.0762. The molecule has 2 N–H and O–H groups in total. The molecule has 13 heteroatoms. The van der Waals surface area contributed by atoms with Crippen LogP contribution in [0.4, 0.5) is 13.2 Å². The molecule has 0 spiro atoms. The first-order valence-corrected chi connectivity index (χ1v) is 16.4. The van der Waals surface area contributed by atoms with Gasteiger partial charge in [0.2, 0.25) is 0 Å². The van der Waals surface area contributed by atoms with Crippen molar-refractivity contribution in [1.29, 1.82) is 0 Å². The quantitative estimate of drug-likeness (QED) is 0.319. The number of alkyl halides is 2. The predicted molar refractivity (Wildman–Crippen MR) is 169 cm³/mol. The van der Waals surface area contributed by atoms with Crippen LogP contribution in [0.3, 0.4) is 0 Å². The SMILES string of the molecule is Cc1c(F)cccc1[C@@H]1N=C(c2nccs2)NC(CN2CC(F)(F)C3C2CCN3CCCC(C)(C)C(=O)OC(C)(C)C)=C1C(=O)O. The monoisotopic (exact) mass is 661 g/mol. The van der Waals surface area contributed by atoms with Crippen molar-refractivity contribution in [3.8, 4) is 0 Å². The summed E-state index contributed by atoms with van der Waals surface area (Å²) in [4.78, 5) is 37.9. The Balaban J connectivity index is 1.37. The van der Waals surface area contributed by atoms with Crippen LogP contribution >= 0.6 is 11.3 Å². The van der Waals surface area contributed by atoms with Gasteiger partial charge in [-0.2, -0.15) is 0 Å². The van der Waals surface area contributed by atoms with Gasteiger partial charge >= 0.3 is 11.9 Å². The summed E-state index contributed by atoms with van der Waals surface area (Å²) in [5.74, 6) is -4.79. The lowest BCUT2D eigenvalue weighted by Crippen LogP contribution is -2.46. The van der Waals surface area contributed by atoms with Gasteiger partial charge in [0.25, 0.3) is 5.92 Å². The van der Waals surface area contributed by atoms with Crippen LogP contribution in [0.2, 0.25) is 0 Å². The number of nitrogens with one attached hydrogen (secondary N) is 1. The van der Waals surface area contributed by atoms with E-state index in [-0.39, 0.29) is 29.3 Å². The van der Waals surface area contributed by atoms with Gasteiger partial charge in [-0.1, -0.05) is 12.1 Å². The number of halogens is 3. The van der Waals surface area contributed by atoms with Crippen molar-refractivity contribution in [1.82, 2.24) is 20.1 Å². The van der Waals surface area contributed by atoms with Crippen molar-refractivity contribution < 1.29 is 32.6 Å². The number of aliphatic imine (C=N–C) groups is 1. The molecule has 0 amide bonds. The Hall–Kier alpha value is -3.29. The highest BCUT2D eigenvalue weighted by Crippen LogP contribution is 2.43. The smallest absolute Gasteiger partial charge is 0.335 e. The fourth-order valence-electron chi connectivity index (χ4n) is 6.69. The fraction of sp³-hybridized carbons (Fsp3) is 0.576. The van der Waals surface area contributed by atoms with E-state index in [9.17, 15) is 19.1 Å². The van der Waals surface area contributed by atoms with Gasteiger partial charge in [-0.25, -0.2) is 22.9 Å². The third-order valence-electron chi connectivity index (χ3n) is 8.94. The van der Waals surface area contributed by atoms with Gasteiger partial charge in [0, 0.05) is 36.4 Å². The number of aromatic nitrogens is 1. The number of benzene rings is 1. The number of hydrogen-bond donors (Lipinski definition) is 2. The van der Waals surface area contributed by atoms with Gasteiger partial charge in [-0.05, 0) is 84.5 Å². The highest BCUT2D eigenvalue weighted by Gasteiger charge is 2.59. The molecular formula is C33H42F3N5O4S. The number of carbonyl (C=O) groups is 2. The Morgan fingerprint density at radius 1 is 1.20 bits per heavy atom. The van der Waals surface area contributed by atoms with Crippen LogP contribution in [0, 0.1) is 18.2 Å². The van der Waals surface area contributed by atoms with Gasteiger partial charge < -0.3 is 15.2 Å². The Morgan fingerprint density at radius 3 is 2.59 bits per heavy atom. The molecule has 9 nitrogen and oxygen atoms in total. The van der Waals surface area contributed by atoms with Crippen LogP contribution in [0.25, 0.3) is 0 Å². The van der Waals surface area contributed by atoms with Crippen LogP contribution in [0.1, 0.15) is 76.1 Å². The fourth-order valence-corrected chi connectivity index (χ4v) is 7.27. The number of aliphatic carboxylic acids is 1. The topological polar surface area (TPSA) is 107 Å². The largest absolute Gasteiger partial charge is 0.478 e. The first kappa shape index (κ1) is 34.1. The molecule has 0 saturated carbocycles. The van der Waals surface area contributed by atoms with Crippen molar-refractivity contribution >= 4 is 29.1 Å². The molecular weight excluding hydrogens is 619 g/mol. The van der Waals surface area contributed by atoms with Crippen molar-refractivity contribution in [3.63, 3.8) is 0 Å². The number of carboxylic acids is 1. The van der Waals surface area contributed by atoms with E-state index < -0.39 is 53.4 Å². The van der Waals surface area contributed by atoms with Crippen LogP contribution < -0.4 is 5.32 Å². The van der Waals surface area contributed by atoms with Crippen molar-refractivity contribution in [2.75, 3.05) is 26.2 Å². The summed E-state index contributed by atoms with van der Waals surface area (Å²) in [7, 11) is 0. The van der Waals surface area contributed by atoms with E-state index >= 15 is 8.78 Å². The number of amidine groups is 1. The molecule has 2 unspecified atom stereocenters. The lowest BCUT2D eigenvalue weighted by molar-refractivity contribution is -0.166.